The second kappa shape index (κ2) is 8.15. The summed E-state index contributed by atoms with van der Waals surface area (Å²) in [6.45, 7) is 0. The Morgan fingerprint density at radius 1 is 1.00 bits per heavy atom. The Morgan fingerprint density at radius 2 is 1.52 bits per heavy atom. The zero-order valence-electron chi connectivity index (χ0n) is 15.1. The van der Waals surface area contributed by atoms with Crippen LogP contribution in [-0.2, 0) is 4.74 Å². The molecule has 7 heteroatoms. The van der Waals surface area contributed by atoms with Crippen LogP contribution in [0.3, 0.4) is 0 Å². The quantitative estimate of drug-likeness (QED) is 0.742. The van der Waals surface area contributed by atoms with E-state index in [0.29, 0.717) is 34.9 Å². The molecule has 2 fully saturated rings. The molecular weight excluding hydrogens is 346 g/mol. The summed E-state index contributed by atoms with van der Waals surface area (Å²) in [5, 5.41) is 0. The number of nitrogens with zero attached hydrogens (tertiary/aromatic N) is 1. The van der Waals surface area contributed by atoms with Crippen LogP contribution in [0.2, 0.25) is 0 Å². The van der Waals surface area contributed by atoms with Crippen molar-refractivity contribution in [2.45, 2.75) is 43.9 Å². The van der Waals surface area contributed by atoms with Gasteiger partial charge in [-0.1, -0.05) is 0 Å². The normalized spacial score (nSPS) is 25.0. The molecule has 0 aromatic heterocycles. The van der Waals surface area contributed by atoms with Crippen molar-refractivity contribution < 1.29 is 23.7 Å². The number of hydrogen-bond donors (Lipinski definition) is 0. The van der Waals surface area contributed by atoms with E-state index in [1.54, 1.807) is 12.1 Å². The lowest BCUT2D eigenvalue weighted by Crippen LogP contribution is -2.43. The lowest BCUT2D eigenvalue weighted by molar-refractivity contribution is -0.000509. The Kier molecular flexibility index (Phi) is 6.41. The van der Waals surface area contributed by atoms with Crippen LogP contribution in [0.25, 0.3) is 0 Å². The van der Waals surface area contributed by atoms with Crippen molar-refractivity contribution in [3.63, 3.8) is 0 Å². The molecule has 2 unspecified atom stereocenters. The number of esters is 1. The zero-order chi connectivity index (χ0) is 17.3. The maximum absolute atomic E-state index is 12.6. The Morgan fingerprint density at radius 3 is 1.96 bits per heavy atom. The molecule has 1 aromatic rings. The molecule has 2 atom stereocenters. The summed E-state index contributed by atoms with van der Waals surface area (Å²) in [4.78, 5) is 15.0. The van der Waals surface area contributed by atoms with Gasteiger partial charge in [0.15, 0.2) is 11.5 Å². The van der Waals surface area contributed by atoms with Crippen LogP contribution in [0.4, 0.5) is 0 Å². The van der Waals surface area contributed by atoms with Crippen LogP contribution in [0.1, 0.15) is 36.0 Å². The first-order valence-electron chi connectivity index (χ1n) is 8.30. The zero-order valence-corrected chi connectivity index (χ0v) is 15.9. The van der Waals surface area contributed by atoms with E-state index in [4.69, 9.17) is 18.9 Å². The number of piperidine rings is 1. The third-order valence-electron chi connectivity index (χ3n) is 5.23. The van der Waals surface area contributed by atoms with E-state index in [9.17, 15) is 4.79 Å². The molecule has 0 amide bonds. The number of hydrogen-bond acceptors (Lipinski definition) is 6. The van der Waals surface area contributed by atoms with Crippen molar-refractivity contribution in [2.75, 3.05) is 28.4 Å². The molecular formula is C18H26ClNO5. The minimum atomic E-state index is -0.344. The van der Waals surface area contributed by atoms with Gasteiger partial charge < -0.3 is 23.8 Å². The number of benzene rings is 1. The van der Waals surface area contributed by atoms with Gasteiger partial charge in [0.05, 0.1) is 26.9 Å². The van der Waals surface area contributed by atoms with E-state index in [2.05, 4.69) is 11.9 Å². The van der Waals surface area contributed by atoms with E-state index < -0.39 is 0 Å². The van der Waals surface area contributed by atoms with Gasteiger partial charge in [-0.15, -0.1) is 12.4 Å². The lowest BCUT2D eigenvalue weighted by atomic mass is 10.0. The highest BCUT2D eigenvalue weighted by Gasteiger charge is 2.40. The molecule has 25 heavy (non-hydrogen) atoms. The third kappa shape index (κ3) is 3.80. The van der Waals surface area contributed by atoms with E-state index in [1.807, 2.05) is 0 Å². The number of rotatable bonds is 5. The fourth-order valence-corrected chi connectivity index (χ4v) is 3.88. The number of carbonyl (C=O) groups is 1. The Hall–Kier alpha value is -1.66. The summed E-state index contributed by atoms with van der Waals surface area (Å²) in [5.74, 6) is 1.02. The molecule has 0 N–H and O–H groups in total. The molecule has 3 rings (SSSR count). The number of fused-ring (bicyclic) bond motifs is 2. The number of ether oxygens (including phenoxy) is 4. The van der Waals surface area contributed by atoms with Crippen molar-refractivity contribution >= 4 is 18.4 Å². The molecule has 6 nitrogen and oxygen atoms in total. The average Bonchev–Trinajstić information content (AvgIpc) is 2.81. The van der Waals surface area contributed by atoms with Gasteiger partial charge in [0, 0.05) is 24.9 Å². The minimum Gasteiger partial charge on any atom is -0.493 e. The second-order valence-corrected chi connectivity index (χ2v) is 6.46. The Bertz CT molecular complexity index is 584. The summed E-state index contributed by atoms with van der Waals surface area (Å²) in [5.41, 5.74) is 0.413. The molecule has 1 aromatic carbocycles. The summed E-state index contributed by atoms with van der Waals surface area (Å²) in [6.07, 6.45) is 4.18. The van der Waals surface area contributed by atoms with E-state index in [-0.39, 0.29) is 24.5 Å². The second-order valence-electron chi connectivity index (χ2n) is 6.46. The number of halogens is 1. The Balaban J connectivity index is 0.00000225. The van der Waals surface area contributed by atoms with Gasteiger partial charge in [0.25, 0.3) is 0 Å². The largest absolute Gasteiger partial charge is 0.493 e. The predicted octanol–water partition coefficient (Wildman–Crippen LogP) is 2.92. The summed E-state index contributed by atoms with van der Waals surface area (Å²) in [7, 11) is 6.76. The SMILES string of the molecule is COc1cc(C(=O)OC2CC3CCC(C2)N3C)cc(OC)c1OC.Cl. The molecule has 0 saturated carbocycles. The molecule has 0 spiro atoms. The van der Waals surface area contributed by atoms with Gasteiger partial charge in [-0.25, -0.2) is 4.79 Å². The standard InChI is InChI=1S/C18H25NO5.ClH/c1-19-12-5-6-13(19)10-14(9-12)24-18(20)11-7-15(21-2)17(23-4)16(8-11)22-3;/h7-8,12-14H,5-6,9-10H2,1-4H3;1H. The summed E-state index contributed by atoms with van der Waals surface area (Å²) < 4.78 is 21.6. The van der Waals surface area contributed by atoms with Crippen LogP contribution in [0.15, 0.2) is 12.1 Å². The monoisotopic (exact) mass is 371 g/mol. The number of methoxy groups -OCH3 is 3. The lowest BCUT2D eigenvalue weighted by Gasteiger charge is -2.35. The maximum atomic E-state index is 12.6. The first-order chi connectivity index (χ1) is 11.6. The average molecular weight is 372 g/mol. The fourth-order valence-electron chi connectivity index (χ4n) is 3.88. The van der Waals surface area contributed by atoms with E-state index in [0.717, 1.165) is 12.8 Å². The van der Waals surface area contributed by atoms with E-state index >= 15 is 0 Å². The molecule has 2 heterocycles. The highest BCUT2D eigenvalue weighted by molar-refractivity contribution is 5.91. The molecule has 2 saturated heterocycles. The minimum absolute atomic E-state index is 0. The fraction of sp³-hybridized carbons (Fsp3) is 0.611. The van der Waals surface area contributed by atoms with Crippen molar-refractivity contribution in [2.24, 2.45) is 0 Å². The topological polar surface area (TPSA) is 57.2 Å². The maximum Gasteiger partial charge on any atom is 0.338 e. The molecule has 2 aliphatic rings. The van der Waals surface area contributed by atoms with E-state index in [1.165, 1.54) is 34.2 Å². The Labute approximate surface area is 154 Å². The molecule has 0 radical (unpaired) electrons. The third-order valence-corrected chi connectivity index (χ3v) is 5.23. The van der Waals surface area contributed by atoms with Crippen LogP contribution in [-0.4, -0.2) is 57.4 Å². The van der Waals surface area contributed by atoms with Crippen molar-refractivity contribution in [3.8, 4) is 17.2 Å². The van der Waals surface area contributed by atoms with Gasteiger partial charge in [-0.2, -0.15) is 0 Å². The van der Waals surface area contributed by atoms with Gasteiger partial charge in [0.2, 0.25) is 5.75 Å². The predicted molar refractivity (Wildman–Crippen MR) is 96.4 cm³/mol. The van der Waals surface area contributed by atoms with Gasteiger partial charge in [-0.05, 0) is 32.0 Å². The highest BCUT2D eigenvalue weighted by atomic mass is 35.5. The van der Waals surface area contributed by atoms with Crippen LogP contribution >= 0.6 is 12.4 Å². The van der Waals surface area contributed by atoms with Crippen molar-refractivity contribution in [1.82, 2.24) is 4.90 Å². The first-order valence-corrected chi connectivity index (χ1v) is 8.30. The van der Waals surface area contributed by atoms with Gasteiger partial charge >= 0.3 is 5.97 Å². The van der Waals surface area contributed by atoms with Crippen LogP contribution < -0.4 is 14.2 Å². The van der Waals surface area contributed by atoms with Crippen LogP contribution in [0.5, 0.6) is 17.2 Å². The molecule has 2 bridgehead atoms. The van der Waals surface area contributed by atoms with Gasteiger partial charge in [0.1, 0.15) is 6.10 Å². The highest BCUT2D eigenvalue weighted by Crippen LogP contribution is 2.39. The molecule has 2 aliphatic heterocycles. The summed E-state index contributed by atoms with van der Waals surface area (Å²) >= 11 is 0. The van der Waals surface area contributed by atoms with Crippen molar-refractivity contribution in [1.29, 1.82) is 0 Å². The molecule has 0 aliphatic carbocycles. The summed E-state index contributed by atoms with van der Waals surface area (Å²) in [6, 6.07) is 4.32. The van der Waals surface area contributed by atoms with Gasteiger partial charge in [-0.3, -0.25) is 0 Å². The number of carbonyl (C=O) groups excluding carboxylic acids is 1. The molecule has 140 valence electrons. The first kappa shape index (κ1) is 19.7. The smallest absolute Gasteiger partial charge is 0.338 e. The van der Waals surface area contributed by atoms with Crippen molar-refractivity contribution in [3.05, 3.63) is 17.7 Å². The van der Waals surface area contributed by atoms with Crippen LogP contribution in [0, 0.1) is 0 Å².